The normalized spacial score (nSPS) is 28.2. The van der Waals surface area contributed by atoms with E-state index in [0.717, 1.165) is 44.4 Å². The van der Waals surface area contributed by atoms with Crippen LogP contribution < -0.4 is 0 Å². The Morgan fingerprint density at radius 1 is 1.14 bits per heavy atom. The lowest BCUT2D eigenvalue weighted by molar-refractivity contribution is 0.00859. The lowest BCUT2D eigenvalue weighted by atomic mass is 9.87. The van der Waals surface area contributed by atoms with E-state index in [1.165, 1.54) is 23.9 Å². The number of aromatic nitrogens is 3. The lowest BCUT2D eigenvalue weighted by Gasteiger charge is -2.41. The van der Waals surface area contributed by atoms with Gasteiger partial charge in [-0.05, 0) is 50.9 Å². The summed E-state index contributed by atoms with van der Waals surface area (Å²) in [5.74, 6) is 0.534. The first-order valence-electron chi connectivity index (χ1n) is 8.54. The Hall–Kier alpha value is -1.46. The highest BCUT2D eigenvalue weighted by Crippen LogP contribution is 2.33. The molecule has 2 atom stereocenters. The molecular formula is C17H24N4O. The number of nitrogens with zero attached hydrogens (tertiary/aromatic N) is 3. The number of hydrogen-bond acceptors (Lipinski definition) is 4. The van der Waals surface area contributed by atoms with E-state index in [-0.39, 0.29) is 6.10 Å². The highest BCUT2D eigenvalue weighted by molar-refractivity contribution is 5.77. The SMILES string of the molecule is O[C@@H]1CCCC[C@H]1N1CCC(c2[nH]nc3ncccc23)CC1. The fourth-order valence-corrected chi connectivity index (χ4v) is 4.22. The number of aliphatic hydroxyl groups is 1. The zero-order chi connectivity index (χ0) is 14.9. The summed E-state index contributed by atoms with van der Waals surface area (Å²) in [7, 11) is 0. The molecular weight excluding hydrogens is 276 g/mol. The highest BCUT2D eigenvalue weighted by Gasteiger charge is 2.32. The molecule has 2 aliphatic rings. The summed E-state index contributed by atoms with van der Waals surface area (Å²) in [6.07, 6.45) is 8.51. The Labute approximate surface area is 130 Å². The fourth-order valence-electron chi connectivity index (χ4n) is 4.22. The maximum Gasteiger partial charge on any atom is 0.181 e. The smallest absolute Gasteiger partial charge is 0.181 e. The van der Waals surface area contributed by atoms with Crippen molar-refractivity contribution in [2.45, 2.75) is 56.6 Å². The first-order chi connectivity index (χ1) is 10.8. The zero-order valence-corrected chi connectivity index (χ0v) is 12.9. The molecule has 0 unspecified atom stereocenters. The quantitative estimate of drug-likeness (QED) is 0.894. The van der Waals surface area contributed by atoms with Crippen LogP contribution in [0.25, 0.3) is 11.0 Å². The van der Waals surface area contributed by atoms with Gasteiger partial charge in [0.1, 0.15) is 0 Å². The van der Waals surface area contributed by atoms with Gasteiger partial charge in [-0.15, -0.1) is 0 Å². The number of aromatic amines is 1. The van der Waals surface area contributed by atoms with Crippen molar-refractivity contribution in [3.63, 3.8) is 0 Å². The van der Waals surface area contributed by atoms with Gasteiger partial charge in [0.15, 0.2) is 5.65 Å². The first-order valence-corrected chi connectivity index (χ1v) is 8.54. The molecule has 0 spiro atoms. The van der Waals surface area contributed by atoms with Gasteiger partial charge in [0.05, 0.1) is 6.10 Å². The molecule has 3 heterocycles. The number of piperidine rings is 1. The molecule has 1 aliphatic carbocycles. The Morgan fingerprint density at radius 2 is 1.95 bits per heavy atom. The van der Waals surface area contributed by atoms with Crippen LogP contribution >= 0.6 is 0 Å². The molecule has 0 radical (unpaired) electrons. The monoisotopic (exact) mass is 300 g/mol. The standard InChI is InChI=1S/C17H24N4O/c22-15-6-2-1-5-14(15)21-10-7-12(8-11-21)16-13-4-3-9-18-17(13)20-19-16/h3-4,9,12,14-15,22H,1-2,5-8,10-11H2,(H,18,19,20)/t14-,15-/m1/s1. The number of fused-ring (bicyclic) bond motifs is 1. The highest BCUT2D eigenvalue weighted by atomic mass is 16.3. The number of rotatable bonds is 2. The number of aliphatic hydroxyl groups excluding tert-OH is 1. The fraction of sp³-hybridized carbons (Fsp3) is 0.647. The number of nitrogens with one attached hydrogen (secondary N) is 1. The van der Waals surface area contributed by atoms with Gasteiger partial charge < -0.3 is 5.11 Å². The Bertz CT molecular complexity index is 632. The maximum atomic E-state index is 10.2. The van der Waals surface area contributed by atoms with Crippen LogP contribution in [0.15, 0.2) is 18.3 Å². The van der Waals surface area contributed by atoms with Crippen molar-refractivity contribution >= 4 is 11.0 Å². The van der Waals surface area contributed by atoms with Crippen molar-refractivity contribution < 1.29 is 5.11 Å². The van der Waals surface area contributed by atoms with E-state index in [4.69, 9.17) is 0 Å². The number of pyridine rings is 1. The largest absolute Gasteiger partial charge is 0.391 e. The predicted molar refractivity (Wildman–Crippen MR) is 85.7 cm³/mol. The molecule has 0 aromatic carbocycles. The number of H-pyrrole nitrogens is 1. The van der Waals surface area contributed by atoms with E-state index in [9.17, 15) is 5.11 Å². The minimum Gasteiger partial charge on any atom is -0.391 e. The molecule has 118 valence electrons. The number of likely N-dealkylation sites (tertiary alicyclic amines) is 1. The molecule has 2 aromatic heterocycles. The van der Waals surface area contributed by atoms with Crippen LogP contribution in [-0.2, 0) is 0 Å². The van der Waals surface area contributed by atoms with E-state index < -0.39 is 0 Å². The van der Waals surface area contributed by atoms with Crippen LogP contribution in [0.1, 0.15) is 50.1 Å². The molecule has 2 fully saturated rings. The third kappa shape index (κ3) is 2.52. The summed E-state index contributed by atoms with van der Waals surface area (Å²) in [6, 6.07) is 4.47. The molecule has 2 N–H and O–H groups in total. The summed E-state index contributed by atoms with van der Waals surface area (Å²) in [5, 5.41) is 18.9. The maximum absolute atomic E-state index is 10.2. The molecule has 4 rings (SSSR count). The molecule has 0 bridgehead atoms. The van der Waals surface area contributed by atoms with Crippen molar-refractivity contribution in [2.75, 3.05) is 13.1 Å². The molecule has 1 saturated heterocycles. The van der Waals surface area contributed by atoms with Gasteiger partial charge in [0.25, 0.3) is 0 Å². The van der Waals surface area contributed by atoms with Crippen LogP contribution in [0.3, 0.4) is 0 Å². The van der Waals surface area contributed by atoms with Gasteiger partial charge in [-0.2, -0.15) is 5.10 Å². The summed E-state index contributed by atoms with van der Waals surface area (Å²) >= 11 is 0. The van der Waals surface area contributed by atoms with Gasteiger partial charge in [-0.1, -0.05) is 12.8 Å². The Kier molecular flexibility index (Phi) is 3.84. The minimum absolute atomic E-state index is 0.123. The van der Waals surface area contributed by atoms with E-state index >= 15 is 0 Å². The van der Waals surface area contributed by atoms with Gasteiger partial charge in [-0.3, -0.25) is 10.00 Å². The second-order valence-corrected chi connectivity index (χ2v) is 6.74. The molecule has 1 saturated carbocycles. The molecule has 1 aliphatic heterocycles. The molecule has 22 heavy (non-hydrogen) atoms. The Morgan fingerprint density at radius 3 is 2.77 bits per heavy atom. The summed E-state index contributed by atoms with van der Waals surface area (Å²) in [6.45, 7) is 2.15. The van der Waals surface area contributed by atoms with Crippen molar-refractivity contribution in [3.8, 4) is 0 Å². The van der Waals surface area contributed by atoms with Gasteiger partial charge >= 0.3 is 0 Å². The van der Waals surface area contributed by atoms with Crippen molar-refractivity contribution in [1.29, 1.82) is 0 Å². The van der Waals surface area contributed by atoms with Crippen molar-refractivity contribution in [1.82, 2.24) is 20.1 Å². The van der Waals surface area contributed by atoms with E-state index in [1.54, 1.807) is 6.20 Å². The van der Waals surface area contributed by atoms with Crippen LogP contribution in [0.2, 0.25) is 0 Å². The Balaban J connectivity index is 1.45. The molecule has 2 aromatic rings. The first kappa shape index (κ1) is 14.2. The van der Waals surface area contributed by atoms with Gasteiger partial charge in [-0.25, -0.2) is 4.98 Å². The van der Waals surface area contributed by atoms with E-state index in [1.807, 2.05) is 6.07 Å². The van der Waals surface area contributed by atoms with Gasteiger partial charge in [0.2, 0.25) is 0 Å². The van der Waals surface area contributed by atoms with Crippen LogP contribution in [0.4, 0.5) is 0 Å². The zero-order valence-electron chi connectivity index (χ0n) is 12.9. The van der Waals surface area contributed by atoms with Crippen LogP contribution in [-0.4, -0.2) is 50.4 Å². The summed E-state index contributed by atoms with van der Waals surface area (Å²) < 4.78 is 0. The second-order valence-electron chi connectivity index (χ2n) is 6.74. The van der Waals surface area contributed by atoms with E-state index in [2.05, 4.69) is 26.1 Å². The predicted octanol–water partition coefficient (Wildman–Crippen LogP) is 2.44. The number of hydrogen-bond donors (Lipinski definition) is 2. The van der Waals surface area contributed by atoms with Crippen LogP contribution in [0.5, 0.6) is 0 Å². The minimum atomic E-state index is -0.123. The molecule has 5 heteroatoms. The molecule has 5 nitrogen and oxygen atoms in total. The summed E-state index contributed by atoms with van der Waals surface area (Å²) in [4.78, 5) is 6.82. The summed E-state index contributed by atoms with van der Waals surface area (Å²) in [5.41, 5.74) is 2.06. The third-order valence-electron chi connectivity index (χ3n) is 5.46. The lowest BCUT2D eigenvalue weighted by Crippen LogP contribution is -2.48. The topological polar surface area (TPSA) is 65.0 Å². The van der Waals surface area contributed by atoms with E-state index in [0.29, 0.717) is 12.0 Å². The van der Waals surface area contributed by atoms with Crippen molar-refractivity contribution in [2.24, 2.45) is 0 Å². The van der Waals surface area contributed by atoms with Crippen molar-refractivity contribution in [3.05, 3.63) is 24.0 Å². The van der Waals surface area contributed by atoms with Crippen LogP contribution in [0, 0.1) is 0 Å². The van der Waals surface area contributed by atoms with Gasteiger partial charge in [0, 0.05) is 29.2 Å². The molecule has 0 amide bonds. The average molecular weight is 300 g/mol. The third-order valence-corrected chi connectivity index (χ3v) is 5.46. The second kappa shape index (κ2) is 5.97. The average Bonchev–Trinajstić information content (AvgIpc) is 3.00.